The van der Waals surface area contributed by atoms with E-state index in [0.717, 1.165) is 12.1 Å². The summed E-state index contributed by atoms with van der Waals surface area (Å²) in [5.74, 6) is 0.158. The van der Waals surface area contributed by atoms with Gasteiger partial charge < -0.3 is 49.2 Å². The van der Waals surface area contributed by atoms with Gasteiger partial charge in [0.25, 0.3) is 0 Å². The maximum absolute atomic E-state index is 12.3. The van der Waals surface area contributed by atoms with E-state index >= 15 is 0 Å². The van der Waals surface area contributed by atoms with E-state index in [-0.39, 0.29) is 144 Å². The van der Waals surface area contributed by atoms with Gasteiger partial charge in [0.2, 0.25) is 23.8 Å². The second-order valence-electron chi connectivity index (χ2n) is 10.2. The number of rotatable bonds is 16. The summed E-state index contributed by atoms with van der Waals surface area (Å²) in [4.78, 5) is 26.5. The quantitative estimate of drug-likeness (QED) is 0.0469. The summed E-state index contributed by atoms with van der Waals surface area (Å²) in [6.07, 6.45) is 2.33. The Balaban J connectivity index is 0.00000468. The molecule has 20 nitrogen and oxygen atoms in total. The number of nitrogens with one attached hydrogen (secondary N) is 2. The van der Waals surface area contributed by atoms with Gasteiger partial charge in [-0.2, -0.15) is 29.9 Å². The molecule has 4 aromatic rings. The number of anilines is 6. The fourth-order valence-corrected chi connectivity index (χ4v) is 5.59. The predicted molar refractivity (Wildman–Crippen MR) is 178 cm³/mol. The smallest absolute Gasteiger partial charge is 0.744 e. The zero-order valence-electron chi connectivity index (χ0n) is 29.0. The first-order valence-electron chi connectivity index (χ1n) is 14.3. The van der Waals surface area contributed by atoms with Crippen molar-refractivity contribution in [1.82, 2.24) is 29.9 Å². The van der Waals surface area contributed by atoms with Gasteiger partial charge in [0.05, 0.1) is 37.2 Å². The number of benzene rings is 2. The van der Waals surface area contributed by atoms with Crippen molar-refractivity contribution in [3.8, 4) is 12.0 Å². The van der Waals surface area contributed by atoms with Crippen LogP contribution in [-0.4, -0.2) is 121 Å². The Bertz CT molecular complexity index is 1950. The van der Waals surface area contributed by atoms with Gasteiger partial charge >= 0.3 is 71.1 Å². The van der Waals surface area contributed by atoms with Crippen molar-refractivity contribution in [2.75, 3.05) is 75.1 Å². The molecule has 0 fully saturated rings. The molecule has 0 amide bonds. The molecule has 0 spiro atoms. The predicted octanol–water partition coefficient (Wildman–Crippen LogP) is -5.60. The summed E-state index contributed by atoms with van der Waals surface area (Å²) in [6.45, 7) is 0.0237. The van der Waals surface area contributed by atoms with Gasteiger partial charge in [0.15, 0.2) is 0 Å². The van der Waals surface area contributed by atoms with Crippen LogP contribution < -0.4 is 89.0 Å². The summed E-state index contributed by atoms with van der Waals surface area (Å²) in [6, 6.07) is 7.29. The Hall–Kier alpha value is -3.26. The van der Waals surface area contributed by atoms with Crippen LogP contribution in [0.4, 0.5) is 35.2 Å². The van der Waals surface area contributed by atoms with Crippen molar-refractivity contribution in [1.29, 1.82) is 0 Å². The van der Waals surface area contributed by atoms with Crippen LogP contribution in [0.25, 0.3) is 12.2 Å². The standard InChI is InChI=1S/C28H34N10O10S2.2Na/c1-37(11-13-39)25-31-23(33-27(35-25)47-3)29-19-9-7-17(21(15-19)49(41,42)43)5-6-18-8-10-20(16-22(18)50(44,45)46)30-24-32-26(38(2)12-14-40)36-28(34-24)48-4;;/h5-10,15-16,39-40H,11-14H2,1-4H3,(H,41,42,43)(H,44,45,46)(H,29,31,33,35)(H,30,32,34,36);;/q;2*+1/p-2/b6-5+;;. The molecule has 0 saturated carbocycles. The zero-order chi connectivity index (χ0) is 36.6. The van der Waals surface area contributed by atoms with Crippen molar-refractivity contribution < 1.29 is 105 Å². The Morgan fingerprint density at radius 1 is 0.673 bits per heavy atom. The SMILES string of the molecule is COc1nc(Nc2ccc(/C=C/c3ccc(Nc4nc(OC)nc(N(C)CCO)n4)cc3S(=O)(=O)[O-])c(S(=O)(=O)[O-])c2)nc(N(C)CCO)n1.[Na+].[Na+]. The summed E-state index contributed by atoms with van der Waals surface area (Å²) in [7, 11) is -4.28. The molecule has 0 bridgehead atoms. The van der Waals surface area contributed by atoms with Gasteiger partial charge in [0.1, 0.15) is 20.2 Å². The third-order valence-electron chi connectivity index (χ3n) is 6.65. The van der Waals surface area contributed by atoms with E-state index in [9.17, 15) is 36.2 Å². The van der Waals surface area contributed by atoms with Crippen molar-refractivity contribution >= 4 is 67.6 Å². The molecule has 0 atom stereocenters. The van der Waals surface area contributed by atoms with Crippen LogP contribution in [0.2, 0.25) is 0 Å². The number of hydrogen-bond donors (Lipinski definition) is 4. The van der Waals surface area contributed by atoms with E-state index in [4.69, 9.17) is 9.47 Å². The minimum atomic E-state index is -5.09. The molecular formula is C28H32N10Na2O10S2. The molecule has 0 aliphatic heterocycles. The Morgan fingerprint density at radius 3 is 1.35 bits per heavy atom. The first-order valence-corrected chi connectivity index (χ1v) is 17.1. The maximum atomic E-state index is 12.3. The van der Waals surface area contributed by atoms with Crippen molar-refractivity contribution in [2.45, 2.75) is 9.79 Å². The number of hydrogen-bond acceptors (Lipinski definition) is 20. The van der Waals surface area contributed by atoms with Crippen LogP contribution >= 0.6 is 0 Å². The summed E-state index contributed by atoms with van der Waals surface area (Å²) in [5.41, 5.74) is -0.0372. The second-order valence-corrected chi connectivity index (χ2v) is 12.9. The molecule has 0 aliphatic carbocycles. The summed E-state index contributed by atoms with van der Waals surface area (Å²) < 4.78 is 83.8. The van der Waals surface area contributed by atoms with Gasteiger partial charge in [-0.25, -0.2) is 16.8 Å². The van der Waals surface area contributed by atoms with Crippen LogP contribution in [0.1, 0.15) is 11.1 Å². The van der Waals surface area contributed by atoms with Gasteiger partial charge in [-0.3, -0.25) is 0 Å². The maximum Gasteiger partial charge on any atom is 1.00 e. The monoisotopic (exact) mass is 778 g/mol. The molecule has 2 aromatic heterocycles. The summed E-state index contributed by atoms with van der Waals surface area (Å²) in [5, 5.41) is 24.0. The molecule has 268 valence electrons. The topological polar surface area (TPSA) is 281 Å². The van der Waals surface area contributed by atoms with Crippen molar-refractivity contribution in [3.63, 3.8) is 0 Å². The number of methoxy groups -OCH3 is 2. The Labute approximate surface area is 343 Å². The van der Waals surface area contributed by atoms with Crippen LogP contribution in [-0.2, 0) is 20.2 Å². The largest absolute Gasteiger partial charge is 1.00 e. The molecule has 0 aliphatic rings. The second kappa shape index (κ2) is 19.7. The van der Waals surface area contributed by atoms with E-state index in [1.165, 1.54) is 60.4 Å². The minimum absolute atomic E-state index is 0. The van der Waals surface area contributed by atoms with Gasteiger partial charge in [-0.15, -0.1) is 0 Å². The van der Waals surface area contributed by atoms with Crippen LogP contribution in [0.5, 0.6) is 12.0 Å². The molecule has 0 radical (unpaired) electrons. The molecule has 24 heteroatoms. The fraction of sp³-hybridized carbons (Fsp3) is 0.286. The minimum Gasteiger partial charge on any atom is -0.744 e. The van der Waals surface area contributed by atoms with Gasteiger partial charge in [0, 0.05) is 38.6 Å². The van der Waals surface area contributed by atoms with Gasteiger partial charge in [-0.1, -0.05) is 24.3 Å². The van der Waals surface area contributed by atoms with Crippen LogP contribution in [0.15, 0.2) is 46.2 Å². The average molecular weight is 779 g/mol. The molecule has 0 unspecified atom stereocenters. The molecule has 4 rings (SSSR count). The molecular weight excluding hydrogens is 746 g/mol. The summed E-state index contributed by atoms with van der Waals surface area (Å²) >= 11 is 0. The molecule has 2 aromatic carbocycles. The third kappa shape index (κ3) is 12.1. The number of aromatic nitrogens is 6. The van der Waals surface area contributed by atoms with E-state index in [2.05, 4.69) is 40.5 Å². The van der Waals surface area contributed by atoms with Crippen molar-refractivity contribution in [3.05, 3.63) is 47.5 Å². The number of aliphatic hydroxyl groups excluding tert-OH is 2. The van der Waals surface area contributed by atoms with Crippen LogP contribution in [0.3, 0.4) is 0 Å². The molecule has 2 heterocycles. The van der Waals surface area contributed by atoms with E-state index in [1.54, 1.807) is 14.1 Å². The third-order valence-corrected chi connectivity index (χ3v) is 8.43. The van der Waals surface area contributed by atoms with Crippen molar-refractivity contribution in [2.24, 2.45) is 0 Å². The first kappa shape index (κ1) is 44.9. The average Bonchev–Trinajstić information content (AvgIpc) is 3.07. The number of nitrogens with zero attached hydrogens (tertiary/aromatic N) is 8. The van der Waals surface area contributed by atoms with E-state index < -0.39 is 30.0 Å². The van der Waals surface area contributed by atoms with Crippen LogP contribution in [0, 0.1) is 0 Å². The molecule has 52 heavy (non-hydrogen) atoms. The number of aliphatic hydroxyl groups is 2. The van der Waals surface area contributed by atoms with Gasteiger partial charge in [-0.05, 0) is 35.4 Å². The normalized spacial score (nSPS) is 11.3. The van der Waals surface area contributed by atoms with E-state index in [0.29, 0.717) is 0 Å². The Morgan fingerprint density at radius 2 is 1.04 bits per heavy atom. The number of ether oxygens (including phenoxy) is 2. The number of likely N-dealkylation sites (N-methyl/N-ethyl adjacent to an activating group) is 2. The molecule has 4 N–H and O–H groups in total. The van der Waals surface area contributed by atoms with E-state index in [1.807, 2.05) is 0 Å². The first-order chi connectivity index (χ1) is 23.6. The molecule has 0 saturated heterocycles. The Kier molecular flexibility index (Phi) is 17.0. The zero-order valence-corrected chi connectivity index (χ0v) is 34.6. The fourth-order valence-electron chi connectivity index (χ4n) is 4.20.